The molecule has 0 saturated carbocycles. The molecule has 8 aromatic carbocycles. The van der Waals surface area contributed by atoms with Crippen LogP contribution in [-0.4, -0.2) is 64.4 Å². The second-order valence-corrected chi connectivity index (χ2v) is 53.0. The highest BCUT2D eigenvalue weighted by atomic mass is 35.5. The molecule has 12 nitrogen and oxygen atoms in total. The summed E-state index contributed by atoms with van der Waals surface area (Å²) in [6.45, 7) is 91.0. The second kappa shape index (κ2) is 61.4. The Morgan fingerprint density at radius 1 is 0.322 bits per heavy atom. The van der Waals surface area contributed by atoms with Gasteiger partial charge in [0, 0.05) is 107 Å². The molecular weight excluding hydrogens is 1880 g/mol. The van der Waals surface area contributed by atoms with Crippen LogP contribution in [0, 0.1) is 26.6 Å². The van der Waals surface area contributed by atoms with Gasteiger partial charge in [-0.2, -0.15) is 0 Å². The van der Waals surface area contributed by atoms with Gasteiger partial charge in [-0.1, -0.05) is 491 Å². The van der Waals surface area contributed by atoms with E-state index in [-0.39, 0.29) is 106 Å². The molecule has 0 spiro atoms. The third-order valence-electron chi connectivity index (χ3n) is 22.3. The number of nitrogens with zero attached hydrogens (tertiary/aromatic N) is 9. The van der Waals surface area contributed by atoms with Gasteiger partial charge < -0.3 is 18.4 Å². The van der Waals surface area contributed by atoms with Crippen molar-refractivity contribution < 1.29 is 17.5 Å². The summed E-state index contributed by atoms with van der Waals surface area (Å²) in [5.41, 5.74) is 21.3. The van der Waals surface area contributed by atoms with Crippen molar-refractivity contribution in [3.05, 3.63) is 379 Å². The number of aryl methyl sites for hydroxylation is 6. The molecule has 0 N–H and O–H groups in total. The van der Waals surface area contributed by atoms with E-state index < -0.39 is 10.0 Å². The number of hydrogen-bond donors (Lipinski definition) is 0. The normalized spacial score (nSPS) is 11.5. The molecule has 0 fully saturated rings. The van der Waals surface area contributed by atoms with Crippen molar-refractivity contribution in [2.24, 2.45) is 21.1 Å². The van der Waals surface area contributed by atoms with Gasteiger partial charge in [-0.3, -0.25) is 4.98 Å². The van der Waals surface area contributed by atoms with Gasteiger partial charge in [-0.15, -0.1) is 0 Å². The minimum atomic E-state index is -3.19. The molecule has 5 heterocycles. The average molecular weight is 2080 g/mol. The summed E-state index contributed by atoms with van der Waals surface area (Å²) in [5.74, 6) is 1.91. The highest BCUT2D eigenvalue weighted by Gasteiger charge is 2.25. The van der Waals surface area contributed by atoms with Gasteiger partial charge in [-0.05, 0) is 186 Å². The minimum absolute atomic E-state index is 0. The third kappa shape index (κ3) is 57.2. The summed E-state index contributed by atoms with van der Waals surface area (Å²) in [6.07, 6.45) is 19.2. The number of hydrogen-bond acceptors (Lipinski definition) is 8. The second-order valence-electron chi connectivity index (χ2n) is 49.8. The Bertz CT molecular complexity index is 5580. The maximum Gasteiger partial charge on any atom is 0.236 e. The van der Waals surface area contributed by atoms with Crippen LogP contribution in [0.1, 0.15) is 389 Å². The average Bonchev–Trinajstić information content (AvgIpc) is 1.69. The van der Waals surface area contributed by atoms with E-state index in [9.17, 15) is 12.8 Å². The number of rotatable bonds is 2. The molecule has 17 heteroatoms. The molecule has 13 aromatic rings. The van der Waals surface area contributed by atoms with Crippen molar-refractivity contribution in [1.82, 2.24) is 42.6 Å². The van der Waals surface area contributed by atoms with Crippen molar-refractivity contribution in [2.75, 3.05) is 13.4 Å². The van der Waals surface area contributed by atoms with E-state index in [2.05, 4.69) is 426 Å². The van der Waals surface area contributed by atoms with Crippen molar-refractivity contribution in [3.63, 3.8) is 0 Å². The Balaban J connectivity index is -0.000000747. The lowest BCUT2D eigenvalue weighted by molar-refractivity contribution is 0.412. The molecular formula is C129H201Cl3FN9O3S. The highest BCUT2D eigenvalue weighted by molar-refractivity contribution is 7.89. The molecule has 0 atom stereocenters. The van der Waals surface area contributed by atoms with E-state index in [4.69, 9.17) is 39.5 Å². The van der Waals surface area contributed by atoms with E-state index in [1.165, 1.54) is 79.3 Å². The van der Waals surface area contributed by atoms with Gasteiger partial charge >= 0.3 is 0 Å². The van der Waals surface area contributed by atoms with Crippen LogP contribution in [-0.2, 0) is 102 Å². The van der Waals surface area contributed by atoms with E-state index in [1.807, 2.05) is 157 Å². The minimum Gasteiger partial charge on any atom is -0.497 e. The highest BCUT2D eigenvalue weighted by Crippen LogP contribution is 2.33. The van der Waals surface area contributed by atoms with Crippen LogP contribution in [0.2, 0.25) is 15.1 Å². The van der Waals surface area contributed by atoms with Crippen LogP contribution >= 0.6 is 34.8 Å². The van der Waals surface area contributed by atoms with Gasteiger partial charge in [0.25, 0.3) is 0 Å². The molecule has 0 amide bonds. The molecule has 146 heavy (non-hydrogen) atoms. The fraction of sp³-hybridized carbons (Fsp3) is 0.496. The fourth-order valence-corrected chi connectivity index (χ4v) is 14.4. The number of aromatic nitrogens is 9. The predicted molar refractivity (Wildman–Crippen MR) is 644 cm³/mol. The number of pyridine rings is 1. The summed E-state index contributed by atoms with van der Waals surface area (Å²) < 4.78 is 47.3. The van der Waals surface area contributed by atoms with Crippen LogP contribution in [0.3, 0.4) is 0 Å². The Kier molecular flexibility index (Phi) is 60.0. The number of imidazole rings is 4. The zero-order valence-electron chi connectivity index (χ0n) is 96.6. The van der Waals surface area contributed by atoms with Crippen molar-refractivity contribution in [2.45, 2.75) is 391 Å². The lowest BCUT2D eigenvalue weighted by atomic mass is 9.84. The molecule has 0 aliphatic heterocycles. The van der Waals surface area contributed by atoms with E-state index in [0.29, 0.717) is 0 Å². The molecule has 0 saturated heterocycles. The molecule has 0 bridgehead atoms. The Morgan fingerprint density at radius 2 is 0.705 bits per heavy atom. The van der Waals surface area contributed by atoms with Crippen LogP contribution in [0.4, 0.5) is 4.39 Å². The maximum atomic E-state index is 12.7. The van der Waals surface area contributed by atoms with Crippen molar-refractivity contribution in [1.29, 1.82) is 0 Å². The molecule has 0 unspecified atom stereocenters. The quantitative estimate of drug-likeness (QED) is 0.167. The summed E-state index contributed by atoms with van der Waals surface area (Å²) in [6, 6.07) is 69.1. The molecule has 0 aliphatic rings. The largest absolute Gasteiger partial charge is 0.497 e. The van der Waals surface area contributed by atoms with Crippen LogP contribution < -0.4 is 4.74 Å². The summed E-state index contributed by atoms with van der Waals surface area (Å²) in [4.78, 5) is 20.6. The third-order valence-corrected chi connectivity index (χ3v) is 24.1. The first kappa shape index (κ1) is 143. The molecule has 13 rings (SSSR count). The molecule has 814 valence electrons. The first-order valence-corrected chi connectivity index (χ1v) is 52.4. The first-order valence-electron chi connectivity index (χ1n) is 49.4. The van der Waals surface area contributed by atoms with Crippen LogP contribution in [0.15, 0.2) is 269 Å². The van der Waals surface area contributed by atoms with Crippen molar-refractivity contribution in [3.8, 4) is 5.75 Å². The lowest BCUT2D eigenvalue weighted by Crippen LogP contribution is -2.16. The number of benzene rings is 8. The summed E-state index contributed by atoms with van der Waals surface area (Å²) in [5, 5.41) is 2.48. The Labute approximate surface area is 908 Å². The van der Waals surface area contributed by atoms with Gasteiger partial charge in [0.2, 0.25) is 10.0 Å². The standard InChI is InChI=1S/C11H16O.3C11H16.3C10H13Cl.C10H13F.C9H13N.C8H14N2O2S.3C8H14N2.4CH4/c1-11(2,3)9-6-5-7-10(8-9)12-4;2*1-9-5-7-10(8-6-9)11(2,3)4;1-9-7-5-6-8-10(9)11(2,3)4;1-10(2,3)8-4-6-9(11)7-5-8;1-10(2,3)8-5-4-6-9(11)7-8;1-10(2,3)8-6-4-5-7-9(8)11;1-10(2,3)8-5-4-6-9(11)7-8;1-9(2,3)8-5-4-6-10-7-8;1-8(2,3)7-5-10(6-9-7)13(4,11)12;1-8(2,3)7-5-10(4)6-9-7;1-8(2,3)7-5-9-6-10(7)4;1-8(2,3)7-9-5-6-10(7)4;;;;/h5-8H,1-4H3;3*5-8H,1-4H3;4*4-7H,1-3H3;4-7H,1-3H3;5-6H,1-4H3;3*5-6H,1-4H3;4*1H4. The summed E-state index contributed by atoms with van der Waals surface area (Å²) >= 11 is 17.6. The maximum absolute atomic E-state index is 12.7. The molecule has 0 radical (unpaired) electrons. The summed E-state index contributed by atoms with van der Waals surface area (Å²) in [7, 11) is 4.54. The first-order chi connectivity index (χ1) is 64.4. The predicted octanol–water partition coefficient (Wildman–Crippen LogP) is 38.0. The van der Waals surface area contributed by atoms with Crippen LogP contribution in [0.25, 0.3) is 0 Å². The lowest BCUT2D eigenvalue weighted by Gasteiger charge is -2.21. The molecule has 0 aliphatic carbocycles. The SMILES string of the molecule is C.C.C.C.CC(C)(C)c1ccc(Cl)cc1.CC(C)(C)c1cccc(Cl)c1.CC(C)(C)c1cccc(F)c1.CC(C)(C)c1ccccc1Cl.CC(C)(C)c1cccnc1.CC(C)(C)c1cn(S(C)(=O)=O)cn1.COc1cccc(C(C)(C)C)c1.Cc1ccc(C(C)(C)C)cc1.Cc1ccc(C(C)(C)C)cc1.Cc1ccccc1C(C)(C)C.Cn1ccnc1C(C)(C)C.Cn1cnc(C(C)(C)C)c1.Cn1cncc1C(C)(C)C. The van der Waals surface area contributed by atoms with E-state index in [0.717, 1.165) is 53.8 Å². The van der Waals surface area contributed by atoms with Crippen LogP contribution in [0.5, 0.6) is 5.75 Å². The van der Waals surface area contributed by atoms with Gasteiger partial charge in [0.05, 0.1) is 37.4 Å². The van der Waals surface area contributed by atoms with Gasteiger partial charge in [0.1, 0.15) is 23.7 Å². The van der Waals surface area contributed by atoms with Crippen molar-refractivity contribution >= 4 is 44.8 Å². The van der Waals surface area contributed by atoms with Gasteiger partial charge in [-0.25, -0.2) is 36.7 Å². The van der Waals surface area contributed by atoms with E-state index >= 15 is 0 Å². The number of halogens is 4. The zero-order chi connectivity index (χ0) is 110. The zero-order valence-corrected chi connectivity index (χ0v) is 99.7. The fourth-order valence-electron chi connectivity index (χ4n) is 13.2. The molecule has 5 aromatic heterocycles. The Hall–Kier alpha value is -9.70. The number of methoxy groups -OCH3 is 1. The van der Waals surface area contributed by atoms with E-state index in [1.54, 1.807) is 31.6 Å². The Morgan fingerprint density at radius 3 is 0.966 bits per heavy atom. The monoisotopic (exact) mass is 2080 g/mol. The van der Waals surface area contributed by atoms with Gasteiger partial charge in [0.15, 0.2) is 0 Å². The smallest absolute Gasteiger partial charge is 0.236 e. The number of ether oxygens (including phenoxy) is 1. The topological polar surface area (TPSA) is 128 Å².